The molecule has 0 saturated carbocycles. The van der Waals surface area contributed by atoms with E-state index in [9.17, 15) is 5.11 Å². The quantitative estimate of drug-likeness (QED) is 0.570. The molecule has 1 rings (SSSR count). The van der Waals surface area contributed by atoms with Crippen LogP contribution in [0.4, 0.5) is 0 Å². The van der Waals surface area contributed by atoms with E-state index >= 15 is 0 Å². The van der Waals surface area contributed by atoms with Gasteiger partial charge in [-0.05, 0) is 6.42 Å². The van der Waals surface area contributed by atoms with Crippen LogP contribution in [-0.2, 0) is 0 Å². The van der Waals surface area contributed by atoms with Gasteiger partial charge in [-0.1, -0.05) is 30.4 Å². The highest BCUT2D eigenvalue weighted by Crippen LogP contribution is 2.18. The van der Waals surface area contributed by atoms with Gasteiger partial charge < -0.3 is 5.11 Å². The van der Waals surface area contributed by atoms with E-state index in [1.54, 1.807) is 12.2 Å². The molecule has 1 radical (unpaired) electrons. The topological polar surface area (TPSA) is 20.2 Å². The van der Waals surface area contributed by atoms with Crippen LogP contribution in [0.1, 0.15) is 6.42 Å². The smallest absolute Gasteiger partial charge is 0.0827 e. The molecule has 0 aromatic rings. The highest BCUT2D eigenvalue weighted by atomic mass is 16.3. The molecule has 0 amide bonds. The lowest BCUT2D eigenvalue weighted by Crippen LogP contribution is -2.14. The van der Waals surface area contributed by atoms with Crippen molar-refractivity contribution in [3.8, 4) is 0 Å². The second kappa shape index (κ2) is 3.37. The number of hydrogen-bond acceptors (Lipinski definition) is 1. The maximum atomic E-state index is 9.28. The Morgan fingerprint density at radius 2 is 2.40 bits per heavy atom. The number of allylic oxidation sites excluding steroid dienone is 3. The average molecular weight is 135 g/mol. The fourth-order valence-corrected chi connectivity index (χ4v) is 0.926. The molecule has 53 valence electrons. The molecule has 1 N–H and O–H groups in total. The van der Waals surface area contributed by atoms with E-state index in [1.165, 1.54) is 0 Å². The fraction of sp³-hybridized carbons (Fsp3) is 0.222. The van der Waals surface area contributed by atoms with Crippen molar-refractivity contribution in [2.45, 2.75) is 12.5 Å². The van der Waals surface area contributed by atoms with E-state index in [4.69, 9.17) is 0 Å². The van der Waals surface area contributed by atoms with Gasteiger partial charge in [0.1, 0.15) is 0 Å². The van der Waals surface area contributed by atoms with Crippen molar-refractivity contribution in [3.05, 3.63) is 42.9 Å². The van der Waals surface area contributed by atoms with Crippen LogP contribution < -0.4 is 0 Å². The Labute approximate surface area is 61.4 Å². The molecule has 10 heavy (non-hydrogen) atoms. The molecular weight excluding hydrogens is 124 g/mol. The van der Waals surface area contributed by atoms with Crippen molar-refractivity contribution in [2.24, 2.45) is 0 Å². The number of rotatable bonds is 2. The van der Waals surface area contributed by atoms with Gasteiger partial charge in [-0.15, -0.1) is 6.58 Å². The summed E-state index contributed by atoms with van der Waals surface area (Å²) in [7, 11) is 0. The third-order valence-corrected chi connectivity index (χ3v) is 1.47. The van der Waals surface area contributed by atoms with Crippen molar-refractivity contribution in [2.75, 3.05) is 0 Å². The summed E-state index contributed by atoms with van der Waals surface area (Å²) in [5.74, 6) is 1.01. The Bertz CT molecular complexity index is 168. The largest absolute Gasteiger partial charge is 0.388 e. The predicted octanol–water partition coefficient (Wildman–Crippen LogP) is 1.62. The van der Waals surface area contributed by atoms with Gasteiger partial charge in [0.25, 0.3) is 0 Å². The van der Waals surface area contributed by atoms with Gasteiger partial charge in [-0.3, -0.25) is 0 Å². The van der Waals surface area contributed by atoms with Crippen molar-refractivity contribution in [3.63, 3.8) is 0 Å². The Kier molecular flexibility index (Phi) is 2.46. The van der Waals surface area contributed by atoms with Gasteiger partial charge in [-0.25, -0.2) is 0 Å². The summed E-state index contributed by atoms with van der Waals surface area (Å²) in [6, 6.07) is 0. The molecular formula is C9H11O. The zero-order chi connectivity index (χ0) is 7.40. The van der Waals surface area contributed by atoms with Crippen LogP contribution in [0, 0.1) is 5.92 Å². The maximum Gasteiger partial charge on any atom is 0.0827 e. The molecule has 0 fully saturated rings. The normalized spacial score (nSPS) is 25.1. The molecule has 0 spiro atoms. The van der Waals surface area contributed by atoms with Crippen LogP contribution >= 0.6 is 0 Å². The molecule has 0 aromatic heterocycles. The number of aliphatic hydroxyl groups excluding tert-OH is 1. The third kappa shape index (κ3) is 1.58. The first-order valence-corrected chi connectivity index (χ1v) is 3.34. The number of hydrogen-bond donors (Lipinski definition) is 1. The third-order valence-electron chi connectivity index (χ3n) is 1.47. The van der Waals surface area contributed by atoms with Gasteiger partial charge in [-0.2, -0.15) is 0 Å². The van der Waals surface area contributed by atoms with E-state index in [-0.39, 0.29) is 0 Å². The number of aliphatic hydroxyl groups is 1. The summed E-state index contributed by atoms with van der Waals surface area (Å²) in [6.45, 7) is 3.60. The van der Waals surface area contributed by atoms with Gasteiger partial charge in [0.05, 0.1) is 6.10 Å². The molecule has 1 nitrogen and oxygen atoms in total. The molecule has 0 heterocycles. The molecule has 1 aliphatic carbocycles. The molecule has 0 bridgehead atoms. The van der Waals surface area contributed by atoms with Crippen molar-refractivity contribution in [1.82, 2.24) is 0 Å². The lowest BCUT2D eigenvalue weighted by molar-refractivity contribution is 0.238. The van der Waals surface area contributed by atoms with E-state index in [0.29, 0.717) is 0 Å². The van der Waals surface area contributed by atoms with Crippen LogP contribution in [0.3, 0.4) is 0 Å². The van der Waals surface area contributed by atoms with Crippen molar-refractivity contribution >= 4 is 0 Å². The predicted molar refractivity (Wildman–Crippen MR) is 42.3 cm³/mol. The van der Waals surface area contributed by atoms with E-state index in [2.05, 4.69) is 6.58 Å². The molecule has 1 atom stereocenters. The first-order chi connectivity index (χ1) is 4.84. The Morgan fingerprint density at radius 3 is 3.00 bits per heavy atom. The van der Waals surface area contributed by atoms with Crippen molar-refractivity contribution in [1.29, 1.82) is 0 Å². The van der Waals surface area contributed by atoms with Gasteiger partial charge in [0.15, 0.2) is 0 Å². The summed E-state index contributed by atoms with van der Waals surface area (Å²) >= 11 is 0. The maximum absolute atomic E-state index is 9.28. The van der Waals surface area contributed by atoms with Crippen LogP contribution in [0.25, 0.3) is 0 Å². The summed E-state index contributed by atoms with van der Waals surface area (Å²) in [6.07, 6.45) is 9.61. The monoisotopic (exact) mass is 135 g/mol. The minimum absolute atomic E-state index is 0.400. The van der Waals surface area contributed by atoms with Crippen LogP contribution in [0.5, 0.6) is 0 Å². The zero-order valence-corrected chi connectivity index (χ0v) is 5.83. The summed E-state index contributed by atoms with van der Waals surface area (Å²) < 4.78 is 0. The Morgan fingerprint density at radius 1 is 1.60 bits per heavy atom. The molecule has 0 aromatic carbocycles. The van der Waals surface area contributed by atoms with Crippen LogP contribution in [-0.4, -0.2) is 11.2 Å². The van der Waals surface area contributed by atoms with Crippen molar-refractivity contribution < 1.29 is 5.11 Å². The molecule has 0 aliphatic heterocycles. The molecule has 1 unspecified atom stereocenters. The van der Waals surface area contributed by atoms with E-state index < -0.39 is 6.10 Å². The highest BCUT2D eigenvalue weighted by Gasteiger charge is 2.13. The lowest BCUT2D eigenvalue weighted by Gasteiger charge is -2.15. The lowest BCUT2D eigenvalue weighted by atomic mass is 9.95. The summed E-state index contributed by atoms with van der Waals surface area (Å²) in [5.41, 5.74) is 0. The molecule has 0 saturated heterocycles. The minimum Gasteiger partial charge on any atom is -0.388 e. The highest BCUT2D eigenvalue weighted by molar-refractivity contribution is 5.29. The first kappa shape index (κ1) is 7.29. The Balaban J connectivity index is 2.52. The molecule has 1 aliphatic rings. The fourth-order valence-electron chi connectivity index (χ4n) is 0.926. The average Bonchev–Trinajstić information content (AvgIpc) is 1.94. The summed E-state index contributed by atoms with van der Waals surface area (Å²) in [4.78, 5) is 0. The van der Waals surface area contributed by atoms with E-state index in [0.717, 1.165) is 12.3 Å². The first-order valence-electron chi connectivity index (χ1n) is 3.34. The van der Waals surface area contributed by atoms with Crippen LogP contribution in [0.2, 0.25) is 0 Å². The summed E-state index contributed by atoms with van der Waals surface area (Å²) in [5, 5.41) is 9.28. The van der Waals surface area contributed by atoms with Gasteiger partial charge >= 0.3 is 0 Å². The standard InChI is InChI=1S/C9H11O/c1-2-5-8-6-3-4-7-9(8)10/h2-4,6-7,9-10H,1,5H2. The zero-order valence-electron chi connectivity index (χ0n) is 5.83. The van der Waals surface area contributed by atoms with Gasteiger partial charge in [0, 0.05) is 5.92 Å². The molecule has 1 heteroatoms. The minimum atomic E-state index is -0.400. The Hall–Kier alpha value is -0.820. The van der Waals surface area contributed by atoms with Gasteiger partial charge in [0.2, 0.25) is 0 Å². The van der Waals surface area contributed by atoms with Crippen LogP contribution in [0.15, 0.2) is 37.0 Å². The second-order valence-corrected chi connectivity index (χ2v) is 2.26. The second-order valence-electron chi connectivity index (χ2n) is 2.26. The SMILES string of the molecule is C=CC[C]1C=CC=CC1O. The van der Waals surface area contributed by atoms with E-state index in [1.807, 2.05) is 18.2 Å².